The monoisotopic (exact) mass is 258 g/mol. The second-order valence-corrected chi connectivity index (χ2v) is 6.28. The number of nitrogens with two attached hydrogens (primary N) is 1. The summed E-state index contributed by atoms with van der Waals surface area (Å²) in [6, 6.07) is 0.312. The Morgan fingerprint density at radius 1 is 1.41 bits per heavy atom. The summed E-state index contributed by atoms with van der Waals surface area (Å²) in [5, 5.41) is 3.86. The van der Waals surface area contributed by atoms with E-state index < -0.39 is 5.54 Å². The van der Waals surface area contributed by atoms with Gasteiger partial charge in [-0.05, 0) is 38.4 Å². The standard InChI is InChI=1S/C12H22N2O2S/c1-17-10-4-2-9(3-5-10)14-11(15)12(13)6-7-16-8-12/h9-10H,2-8,13H2,1H3,(H,14,15). The fourth-order valence-corrected chi connectivity index (χ4v) is 3.28. The van der Waals surface area contributed by atoms with Crippen molar-refractivity contribution < 1.29 is 9.53 Å². The van der Waals surface area contributed by atoms with Crippen LogP contribution in [0.1, 0.15) is 32.1 Å². The SMILES string of the molecule is CSC1CCC(NC(=O)C2(N)CCOC2)CC1. The lowest BCUT2D eigenvalue weighted by Gasteiger charge is -2.30. The summed E-state index contributed by atoms with van der Waals surface area (Å²) in [6.45, 7) is 0.960. The fourth-order valence-electron chi connectivity index (χ4n) is 2.53. The molecule has 0 aromatic carbocycles. The molecule has 1 heterocycles. The Labute approximate surface area is 107 Å². The van der Waals surface area contributed by atoms with Gasteiger partial charge in [-0.25, -0.2) is 0 Å². The molecule has 1 amide bonds. The topological polar surface area (TPSA) is 64.4 Å². The highest BCUT2D eigenvalue weighted by atomic mass is 32.2. The largest absolute Gasteiger partial charge is 0.379 e. The molecule has 0 bridgehead atoms. The molecule has 17 heavy (non-hydrogen) atoms. The third-order valence-corrected chi connectivity index (χ3v) is 4.99. The molecule has 1 saturated carbocycles. The van der Waals surface area contributed by atoms with Crippen LogP contribution in [0.3, 0.4) is 0 Å². The van der Waals surface area contributed by atoms with E-state index in [9.17, 15) is 4.79 Å². The highest BCUT2D eigenvalue weighted by molar-refractivity contribution is 7.99. The Hall–Kier alpha value is -0.260. The second-order valence-electron chi connectivity index (χ2n) is 5.14. The predicted octanol–water partition coefficient (Wildman–Crippen LogP) is 0.895. The highest BCUT2D eigenvalue weighted by Crippen LogP contribution is 2.27. The Balaban J connectivity index is 1.79. The van der Waals surface area contributed by atoms with Gasteiger partial charge in [0.1, 0.15) is 5.54 Å². The van der Waals surface area contributed by atoms with Crippen LogP contribution in [-0.4, -0.2) is 42.2 Å². The molecule has 0 spiro atoms. The number of rotatable bonds is 3. The predicted molar refractivity (Wildman–Crippen MR) is 70.1 cm³/mol. The summed E-state index contributed by atoms with van der Waals surface area (Å²) in [5.74, 6) is -0.0254. The molecule has 5 heteroatoms. The minimum Gasteiger partial charge on any atom is -0.379 e. The number of thioether (sulfide) groups is 1. The van der Waals surface area contributed by atoms with Gasteiger partial charge in [0.2, 0.25) is 5.91 Å². The Morgan fingerprint density at radius 2 is 2.12 bits per heavy atom. The Bertz CT molecular complexity index is 272. The summed E-state index contributed by atoms with van der Waals surface area (Å²) in [7, 11) is 0. The minimum atomic E-state index is -0.781. The molecule has 98 valence electrons. The maximum absolute atomic E-state index is 12.1. The lowest BCUT2D eigenvalue weighted by molar-refractivity contribution is -0.127. The molecule has 0 aromatic rings. The molecule has 0 radical (unpaired) electrons. The first-order valence-electron chi connectivity index (χ1n) is 6.34. The molecule has 2 rings (SSSR count). The fraction of sp³-hybridized carbons (Fsp3) is 0.917. The average Bonchev–Trinajstić information content (AvgIpc) is 2.78. The molecule has 2 aliphatic rings. The van der Waals surface area contributed by atoms with Crippen LogP contribution < -0.4 is 11.1 Å². The molecule has 1 saturated heterocycles. The van der Waals surface area contributed by atoms with Gasteiger partial charge in [0.25, 0.3) is 0 Å². The van der Waals surface area contributed by atoms with Crippen molar-refractivity contribution in [1.82, 2.24) is 5.32 Å². The number of carbonyl (C=O) groups is 1. The molecule has 1 atom stereocenters. The first-order chi connectivity index (χ1) is 8.14. The Morgan fingerprint density at radius 3 is 2.65 bits per heavy atom. The zero-order valence-electron chi connectivity index (χ0n) is 10.4. The number of nitrogens with one attached hydrogen (secondary N) is 1. The van der Waals surface area contributed by atoms with Gasteiger partial charge < -0.3 is 15.8 Å². The van der Waals surface area contributed by atoms with E-state index in [1.165, 1.54) is 12.8 Å². The van der Waals surface area contributed by atoms with Crippen LogP contribution in [0, 0.1) is 0 Å². The maximum Gasteiger partial charge on any atom is 0.242 e. The second kappa shape index (κ2) is 5.59. The van der Waals surface area contributed by atoms with Crippen LogP contribution in [0.2, 0.25) is 0 Å². The van der Waals surface area contributed by atoms with Crippen LogP contribution in [0.25, 0.3) is 0 Å². The van der Waals surface area contributed by atoms with E-state index in [4.69, 9.17) is 10.5 Å². The van der Waals surface area contributed by atoms with Crippen molar-refractivity contribution in [2.75, 3.05) is 19.5 Å². The van der Waals surface area contributed by atoms with Gasteiger partial charge in [0, 0.05) is 17.9 Å². The number of hydrogen-bond acceptors (Lipinski definition) is 4. The van der Waals surface area contributed by atoms with E-state index in [0.29, 0.717) is 25.7 Å². The van der Waals surface area contributed by atoms with Crippen LogP contribution in [0.4, 0.5) is 0 Å². The first-order valence-corrected chi connectivity index (χ1v) is 7.63. The van der Waals surface area contributed by atoms with Gasteiger partial charge in [-0.15, -0.1) is 0 Å². The highest BCUT2D eigenvalue weighted by Gasteiger charge is 2.39. The van der Waals surface area contributed by atoms with E-state index in [0.717, 1.165) is 18.1 Å². The molecule has 2 fully saturated rings. The van der Waals surface area contributed by atoms with Crippen molar-refractivity contribution >= 4 is 17.7 Å². The van der Waals surface area contributed by atoms with Crippen molar-refractivity contribution in [2.45, 2.75) is 48.9 Å². The van der Waals surface area contributed by atoms with Crippen molar-refractivity contribution in [1.29, 1.82) is 0 Å². The third kappa shape index (κ3) is 3.14. The van der Waals surface area contributed by atoms with E-state index in [1.807, 2.05) is 11.8 Å². The maximum atomic E-state index is 12.1. The smallest absolute Gasteiger partial charge is 0.242 e. The van der Waals surface area contributed by atoms with Crippen molar-refractivity contribution in [2.24, 2.45) is 5.73 Å². The van der Waals surface area contributed by atoms with Gasteiger partial charge in [-0.3, -0.25) is 4.79 Å². The third-order valence-electron chi connectivity index (χ3n) is 3.85. The van der Waals surface area contributed by atoms with Crippen LogP contribution in [0.5, 0.6) is 0 Å². The number of ether oxygens (including phenoxy) is 1. The molecular formula is C12H22N2O2S. The van der Waals surface area contributed by atoms with Crippen LogP contribution in [-0.2, 0) is 9.53 Å². The van der Waals surface area contributed by atoms with E-state index in [-0.39, 0.29) is 5.91 Å². The van der Waals surface area contributed by atoms with Gasteiger partial charge in [-0.1, -0.05) is 0 Å². The summed E-state index contributed by atoms with van der Waals surface area (Å²) in [6.07, 6.45) is 7.34. The minimum absolute atomic E-state index is 0.0254. The lowest BCUT2D eigenvalue weighted by Crippen LogP contribution is -2.57. The van der Waals surface area contributed by atoms with Gasteiger partial charge >= 0.3 is 0 Å². The number of amides is 1. The van der Waals surface area contributed by atoms with Crippen molar-refractivity contribution in [3.63, 3.8) is 0 Å². The summed E-state index contributed by atoms with van der Waals surface area (Å²) < 4.78 is 5.22. The van der Waals surface area contributed by atoms with E-state index in [2.05, 4.69) is 11.6 Å². The molecule has 3 N–H and O–H groups in total. The molecule has 4 nitrogen and oxygen atoms in total. The van der Waals surface area contributed by atoms with Gasteiger partial charge in [-0.2, -0.15) is 11.8 Å². The quantitative estimate of drug-likeness (QED) is 0.789. The van der Waals surface area contributed by atoms with Crippen LogP contribution in [0.15, 0.2) is 0 Å². The van der Waals surface area contributed by atoms with Gasteiger partial charge in [0.15, 0.2) is 0 Å². The zero-order valence-corrected chi connectivity index (χ0v) is 11.2. The van der Waals surface area contributed by atoms with Gasteiger partial charge in [0.05, 0.1) is 6.61 Å². The summed E-state index contributed by atoms with van der Waals surface area (Å²) in [5.41, 5.74) is 5.25. The molecule has 1 aliphatic carbocycles. The normalized spacial score (nSPS) is 38.0. The zero-order chi connectivity index (χ0) is 12.3. The van der Waals surface area contributed by atoms with Crippen molar-refractivity contribution in [3.05, 3.63) is 0 Å². The van der Waals surface area contributed by atoms with Crippen molar-refractivity contribution in [3.8, 4) is 0 Å². The summed E-state index contributed by atoms with van der Waals surface area (Å²) in [4.78, 5) is 12.1. The molecule has 0 aromatic heterocycles. The molecule has 1 unspecified atom stereocenters. The molecule has 1 aliphatic heterocycles. The Kier molecular flexibility index (Phi) is 4.33. The van der Waals surface area contributed by atoms with E-state index in [1.54, 1.807) is 0 Å². The first kappa shape index (κ1) is 13.2. The van der Waals surface area contributed by atoms with Crippen LogP contribution >= 0.6 is 11.8 Å². The number of hydrogen-bond donors (Lipinski definition) is 2. The lowest BCUT2D eigenvalue weighted by atomic mass is 9.93. The number of carbonyl (C=O) groups excluding carboxylic acids is 1. The van der Waals surface area contributed by atoms with E-state index >= 15 is 0 Å². The summed E-state index contributed by atoms with van der Waals surface area (Å²) >= 11 is 1.93. The molecular weight excluding hydrogens is 236 g/mol. The average molecular weight is 258 g/mol.